The number of benzene rings is 3. The Balaban J connectivity index is 1.78. The van der Waals surface area contributed by atoms with Gasteiger partial charge in [0.2, 0.25) is 0 Å². The molecule has 0 aliphatic rings. The van der Waals surface area contributed by atoms with Crippen LogP contribution in [0.25, 0.3) is 16.6 Å². The first-order valence-corrected chi connectivity index (χ1v) is 14.0. The Kier molecular flexibility index (Phi) is 9.93. The lowest BCUT2D eigenvalue weighted by Crippen LogP contribution is -2.43. The van der Waals surface area contributed by atoms with E-state index in [0.29, 0.717) is 59.1 Å². The van der Waals surface area contributed by atoms with Crippen molar-refractivity contribution in [2.75, 3.05) is 45.7 Å². The number of anilines is 1. The largest absolute Gasteiger partial charge is 0.492 e. The molecule has 1 N–H and O–H groups in total. The number of hydrogen-bond acceptors (Lipinski definition) is 7. The van der Waals surface area contributed by atoms with Crippen molar-refractivity contribution in [1.82, 2.24) is 19.4 Å². The van der Waals surface area contributed by atoms with Crippen LogP contribution in [-0.2, 0) is 4.74 Å². The third-order valence-corrected chi connectivity index (χ3v) is 6.75. The van der Waals surface area contributed by atoms with Gasteiger partial charge in [-0.2, -0.15) is 0 Å². The van der Waals surface area contributed by atoms with Gasteiger partial charge < -0.3 is 24.6 Å². The molecular formula is C32H37N5O5. The zero-order chi connectivity index (χ0) is 30.2. The molecule has 10 heteroatoms. The molecule has 0 aliphatic carbocycles. The summed E-state index contributed by atoms with van der Waals surface area (Å²) in [6.45, 7) is 7.12. The number of amides is 2. The van der Waals surface area contributed by atoms with Gasteiger partial charge in [-0.15, -0.1) is 0 Å². The lowest BCUT2D eigenvalue weighted by molar-refractivity contribution is 0.0526. The summed E-state index contributed by atoms with van der Waals surface area (Å²) in [7, 11) is 3.86. The quantitative estimate of drug-likeness (QED) is 0.249. The van der Waals surface area contributed by atoms with Crippen LogP contribution in [0.5, 0.6) is 5.75 Å². The minimum Gasteiger partial charge on any atom is -0.492 e. The van der Waals surface area contributed by atoms with E-state index in [1.54, 1.807) is 58.9 Å². The normalized spacial score (nSPS) is 11.8. The smallest absolute Gasteiger partial charge is 0.338 e. The summed E-state index contributed by atoms with van der Waals surface area (Å²) in [6, 6.07) is 20.0. The van der Waals surface area contributed by atoms with Gasteiger partial charge in [0.05, 0.1) is 41.4 Å². The maximum absolute atomic E-state index is 14.0. The van der Waals surface area contributed by atoms with Gasteiger partial charge in [0.1, 0.15) is 11.6 Å². The maximum Gasteiger partial charge on any atom is 0.338 e. The van der Waals surface area contributed by atoms with Crippen molar-refractivity contribution in [2.24, 2.45) is 0 Å². The molecule has 1 aromatic heterocycles. The van der Waals surface area contributed by atoms with E-state index in [4.69, 9.17) is 14.5 Å². The summed E-state index contributed by atoms with van der Waals surface area (Å²) in [4.78, 5) is 48.4. The van der Waals surface area contributed by atoms with Gasteiger partial charge in [-0.25, -0.2) is 14.6 Å². The van der Waals surface area contributed by atoms with Crippen molar-refractivity contribution in [3.8, 4) is 11.4 Å². The van der Waals surface area contributed by atoms with Gasteiger partial charge >= 0.3 is 12.0 Å². The number of ether oxygens (including phenoxy) is 2. The van der Waals surface area contributed by atoms with Crippen molar-refractivity contribution >= 4 is 28.6 Å². The fourth-order valence-corrected chi connectivity index (χ4v) is 4.60. The molecule has 0 saturated heterocycles. The lowest BCUT2D eigenvalue weighted by atomic mass is 10.1. The van der Waals surface area contributed by atoms with Crippen molar-refractivity contribution in [2.45, 2.75) is 26.8 Å². The highest BCUT2D eigenvalue weighted by atomic mass is 16.5. The number of aromatic nitrogens is 2. The second-order valence-corrected chi connectivity index (χ2v) is 9.93. The van der Waals surface area contributed by atoms with Gasteiger partial charge in [0.25, 0.3) is 5.56 Å². The summed E-state index contributed by atoms with van der Waals surface area (Å²) in [5.41, 5.74) is 1.74. The van der Waals surface area contributed by atoms with Crippen LogP contribution in [0, 0.1) is 0 Å². The molecule has 0 saturated carbocycles. The van der Waals surface area contributed by atoms with Crippen LogP contribution in [0.3, 0.4) is 0 Å². The molecule has 4 aromatic rings. The Bertz CT molecular complexity index is 1600. The summed E-state index contributed by atoms with van der Waals surface area (Å²) in [5.74, 6) is 0.514. The number of urea groups is 1. The van der Waals surface area contributed by atoms with E-state index >= 15 is 0 Å². The fraction of sp³-hybridized carbons (Fsp3) is 0.312. The molecule has 1 unspecified atom stereocenters. The Morgan fingerprint density at radius 1 is 0.929 bits per heavy atom. The average molecular weight is 572 g/mol. The highest BCUT2D eigenvalue weighted by molar-refractivity contribution is 5.92. The number of carbonyl (C=O) groups is 2. The van der Waals surface area contributed by atoms with E-state index in [-0.39, 0.29) is 18.2 Å². The van der Waals surface area contributed by atoms with E-state index in [0.717, 1.165) is 0 Å². The van der Waals surface area contributed by atoms with Gasteiger partial charge in [-0.05, 0) is 83.4 Å². The molecule has 4 rings (SSSR count). The number of rotatable bonds is 11. The van der Waals surface area contributed by atoms with Gasteiger partial charge in [-0.1, -0.05) is 24.3 Å². The van der Waals surface area contributed by atoms with Crippen molar-refractivity contribution in [1.29, 1.82) is 0 Å². The number of carbonyl (C=O) groups excluding carboxylic acids is 2. The molecule has 220 valence electrons. The van der Waals surface area contributed by atoms with Gasteiger partial charge in [-0.3, -0.25) is 9.36 Å². The van der Waals surface area contributed by atoms with Gasteiger partial charge in [0, 0.05) is 18.8 Å². The van der Waals surface area contributed by atoms with Gasteiger partial charge in [0.15, 0.2) is 0 Å². The Labute approximate surface area is 245 Å². The fourth-order valence-electron chi connectivity index (χ4n) is 4.60. The molecule has 0 radical (unpaired) electrons. The van der Waals surface area contributed by atoms with E-state index in [2.05, 4.69) is 5.32 Å². The Morgan fingerprint density at radius 2 is 1.62 bits per heavy atom. The number of nitrogens with zero attached hydrogens (tertiary/aromatic N) is 4. The second kappa shape index (κ2) is 13.8. The summed E-state index contributed by atoms with van der Waals surface area (Å²) in [6.07, 6.45) is 0. The van der Waals surface area contributed by atoms with E-state index in [1.165, 1.54) is 0 Å². The van der Waals surface area contributed by atoms with E-state index in [1.807, 2.05) is 63.2 Å². The topological polar surface area (TPSA) is 106 Å². The van der Waals surface area contributed by atoms with Crippen molar-refractivity contribution in [3.63, 3.8) is 0 Å². The molecule has 3 aromatic carbocycles. The first-order valence-electron chi connectivity index (χ1n) is 14.0. The maximum atomic E-state index is 14.0. The van der Waals surface area contributed by atoms with Crippen LogP contribution in [-0.4, -0.2) is 71.7 Å². The minimum atomic E-state index is -0.615. The first kappa shape index (κ1) is 30.3. The average Bonchev–Trinajstić information content (AvgIpc) is 2.98. The van der Waals surface area contributed by atoms with Crippen molar-refractivity contribution < 1.29 is 19.1 Å². The Hall–Kier alpha value is -4.70. The molecule has 0 fully saturated rings. The lowest BCUT2D eigenvalue weighted by Gasteiger charge is -2.31. The molecule has 2 amide bonds. The Morgan fingerprint density at radius 3 is 2.31 bits per heavy atom. The number of esters is 1. The van der Waals surface area contributed by atoms with Crippen molar-refractivity contribution in [3.05, 3.63) is 94.5 Å². The minimum absolute atomic E-state index is 0.253. The van der Waals surface area contributed by atoms with Crippen LogP contribution in [0.15, 0.2) is 77.6 Å². The summed E-state index contributed by atoms with van der Waals surface area (Å²) >= 11 is 0. The molecule has 1 atom stereocenters. The third kappa shape index (κ3) is 6.77. The molecule has 0 spiro atoms. The highest BCUT2D eigenvalue weighted by Gasteiger charge is 2.28. The molecule has 10 nitrogen and oxygen atoms in total. The monoisotopic (exact) mass is 571 g/mol. The summed E-state index contributed by atoms with van der Waals surface area (Å²) < 4.78 is 12.5. The van der Waals surface area contributed by atoms with Crippen LogP contribution in [0.1, 0.15) is 43.0 Å². The molecule has 1 heterocycles. The molecular weight excluding hydrogens is 534 g/mol. The van der Waals surface area contributed by atoms with Crippen LogP contribution < -0.4 is 15.6 Å². The number of fused-ring (bicyclic) bond motifs is 1. The zero-order valence-corrected chi connectivity index (χ0v) is 24.7. The van der Waals surface area contributed by atoms with E-state index < -0.39 is 12.0 Å². The number of likely N-dealkylation sites (N-methyl/N-ethyl adjacent to an activating group) is 1. The highest BCUT2D eigenvalue weighted by Crippen LogP contribution is 2.28. The van der Waals surface area contributed by atoms with E-state index in [9.17, 15) is 14.4 Å². The predicted molar refractivity (Wildman–Crippen MR) is 164 cm³/mol. The molecule has 0 aliphatic heterocycles. The van der Waals surface area contributed by atoms with Crippen LogP contribution >= 0.6 is 0 Å². The number of hydrogen-bond donors (Lipinski definition) is 1. The predicted octanol–water partition coefficient (Wildman–Crippen LogP) is 5.12. The molecule has 42 heavy (non-hydrogen) atoms. The van der Waals surface area contributed by atoms with Crippen LogP contribution in [0.4, 0.5) is 10.5 Å². The second-order valence-electron chi connectivity index (χ2n) is 9.93. The molecule has 0 bridgehead atoms. The summed E-state index contributed by atoms with van der Waals surface area (Å²) in [5, 5.41) is 3.40. The number of nitrogens with one attached hydrogen (secondary N) is 1. The SMILES string of the molecule is CCOC(=O)c1ccc(NC(=O)N(CCN(C)C)C(C)c2nc3ccccc3c(=O)n2-c2ccccc2OCC)cc1. The zero-order valence-electron chi connectivity index (χ0n) is 24.7. The van der Waals surface area contributed by atoms with Crippen LogP contribution in [0.2, 0.25) is 0 Å². The third-order valence-electron chi connectivity index (χ3n) is 6.75. The first-order chi connectivity index (χ1) is 20.2. The standard InChI is InChI=1S/C32H37N5O5/c1-6-41-28-15-11-10-14-27(28)37-29(34-26-13-9-8-12-25(26)30(37)38)22(3)36(21-20-35(4)5)32(40)33-24-18-16-23(17-19-24)31(39)42-7-2/h8-19,22H,6-7,20-21H2,1-5H3,(H,33,40). The number of para-hydroxylation sites is 3.